The molecule has 4 heteroatoms. The van der Waals surface area contributed by atoms with E-state index in [1.165, 1.54) is 17.5 Å². The van der Waals surface area contributed by atoms with Crippen molar-refractivity contribution in [3.05, 3.63) is 35.4 Å². The molecule has 1 aromatic carbocycles. The van der Waals surface area contributed by atoms with Gasteiger partial charge in [0.2, 0.25) is 5.91 Å². The van der Waals surface area contributed by atoms with Gasteiger partial charge >= 0.3 is 0 Å². The largest absolute Gasteiger partial charge is 0.356 e. The number of fused-ring (bicyclic) bond motifs is 2. The van der Waals surface area contributed by atoms with Crippen LogP contribution in [0.2, 0.25) is 0 Å². The lowest BCUT2D eigenvalue weighted by Gasteiger charge is -2.30. The van der Waals surface area contributed by atoms with Gasteiger partial charge in [0.1, 0.15) is 0 Å². The predicted octanol–water partition coefficient (Wildman–Crippen LogP) is 2.63. The molecule has 1 N–H and O–H groups in total. The Kier molecular flexibility index (Phi) is 4.52. The minimum absolute atomic E-state index is 0.134. The summed E-state index contributed by atoms with van der Waals surface area (Å²) < 4.78 is 0. The second-order valence-corrected chi connectivity index (χ2v) is 8.05. The van der Waals surface area contributed by atoms with Gasteiger partial charge in [0, 0.05) is 17.9 Å². The number of nitriles is 1. The number of rotatable bonds is 4. The number of piperidine rings is 1. The van der Waals surface area contributed by atoms with Crippen LogP contribution in [0.5, 0.6) is 0 Å². The zero-order valence-corrected chi connectivity index (χ0v) is 14.8. The molecule has 4 rings (SSSR count). The van der Waals surface area contributed by atoms with Crippen molar-refractivity contribution < 1.29 is 4.79 Å². The van der Waals surface area contributed by atoms with Crippen LogP contribution in [0.4, 0.5) is 0 Å². The first kappa shape index (κ1) is 16.6. The Labute approximate surface area is 150 Å². The summed E-state index contributed by atoms with van der Waals surface area (Å²) in [6.07, 6.45) is 6.72. The van der Waals surface area contributed by atoms with Gasteiger partial charge in [0.05, 0.1) is 12.6 Å². The van der Waals surface area contributed by atoms with Gasteiger partial charge in [0.15, 0.2) is 0 Å². The number of carbonyl (C=O) groups is 1. The lowest BCUT2D eigenvalue weighted by atomic mass is 9.78. The van der Waals surface area contributed by atoms with Gasteiger partial charge in [-0.1, -0.05) is 24.3 Å². The van der Waals surface area contributed by atoms with Gasteiger partial charge in [-0.25, -0.2) is 0 Å². The summed E-state index contributed by atoms with van der Waals surface area (Å²) in [5.41, 5.74) is 3.02. The highest BCUT2D eigenvalue weighted by Gasteiger charge is 2.59. The van der Waals surface area contributed by atoms with Gasteiger partial charge in [-0.15, -0.1) is 0 Å². The van der Waals surface area contributed by atoms with Crippen molar-refractivity contribution in [3.8, 4) is 6.07 Å². The number of aryl methyl sites for hydroxylation is 1. The standard InChI is InChI=1S/C21H27N3O/c22-10-13-24-11-7-16(8-12-24)15-23-20(25)19-14-21(19)9-3-5-17-4-1-2-6-18(17)21/h1-2,4,6,16,19H,3,5,7-9,11-15H2,(H,23,25)/t19-,21-/m1/s1. The molecule has 2 atom stereocenters. The number of hydrogen-bond acceptors (Lipinski definition) is 3. The highest BCUT2D eigenvalue weighted by Crippen LogP contribution is 2.60. The van der Waals surface area contributed by atoms with E-state index >= 15 is 0 Å². The summed E-state index contributed by atoms with van der Waals surface area (Å²) in [4.78, 5) is 14.9. The molecule has 2 fully saturated rings. The second-order valence-electron chi connectivity index (χ2n) is 8.05. The minimum atomic E-state index is 0.134. The quantitative estimate of drug-likeness (QED) is 0.859. The van der Waals surface area contributed by atoms with Crippen LogP contribution < -0.4 is 5.32 Å². The first-order valence-electron chi connectivity index (χ1n) is 9.68. The average molecular weight is 337 g/mol. The maximum Gasteiger partial charge on any atom is 0.224 e. The van der Waals surface area contributed by atoms with E-state index in [2.05, 4.69) is 40.6 Å². The van der Waals surface area contributed by atoms with Gasteiger partial charge in [0.25, 0.3) is 0 Å². The number of nitrogens with zero attached hydrogens (tertiary/aromatic N) is 2. The molecule has 0 aromatic heterocycles. The SMILES string of the molecule is N#CCN1CCC(CNC(=O)[C@H]2C[C@@]23CCCc2ccccc23)CC1. The summed E-state index contributed by atoms with van der Waals surface area (Å²) in [5.74, 6) is 0.996. The molecule has 0 bridgehead atoms. The van der Waals surface area contributed by atoms with E-state index in [1.54, 1.807) is 0 Å². The summed E-state index contributed by atoms with van der Waals surface area (Å²) >= 11 is 0. The molecular formula is C21H27N3O. The van der Waals surface area contributed by atoms with Crippen molar-refractivity contribution in [1.82, 2.24) is 10.2 Å². The van der Waals surface area contributed by atoms with Crippen LogP contribution in [0.1, 0.15) is 43.2 Å². The zero-order valence-electron chi connectivity index (χ0n) is 14.8. The molecule has 1 aromatic rings. The summed E-state index contributed by atoms with van der Waals surface area (Å²) in [5, 5.41) is 12.0. The lowest BCUT2D eigenvalue weighted by Crippen LogP contribution is -2.39. The van der Waals surface area contributed by atoms with E-state index in [4.69, 9.17) is 5.26 Å². The smallest absolute Gasteiger partial charge is 0.224 e. The fourth-order valence-corrected chi connectivity index (χ4v) is 4.99. The maximum absolute atomic E-state index is 12.7. The van der Waals surface area contributed by atoms with Crippen LogP contribution in [0.3, 0.4) is 0 Å². The molecule has 0 unspecified atom stereocenters. The van der Waals surface area contributed by atoms with Crippen molar-refractivity contribution in [2.45, 2.75) is 43.9 Å². The third-order valence-corrected chi connectivity index (χ3v) is 6.58. The summed E-state index contributed by atoms with van der Waals surface area (Å²) in [6, 6.07) is 10.9. The second kappa shape index (κ2) is 6.80. The molecule has 4 nitrogen and oxygen atoms in total. The lowest BCUT2D eigenvalue weighted by molar-refractivity contribution is -0.123. The Balaban J connectivity index is 1.31. The molecule has 1 saturated heterocycles. The van der Waals surface area contributed by atoms with Crippen LogP contribution in [-0.4, -0.2) is 37.0 Å². The first-order chi connectivity index (χ1) is 12.2. The fraction of sp³-hybridized carbons (Fsp3) is 0.619. The van der Waals surface area contributed by atoms with Crippen molar-refractivity contribution in [1.29, 1.82) is 5.26 Å². The highest BCUT2D eigenvalue weighted by atomic mass is 16.2. The first-order valence-corrected chi connectivity index (χ1v) is 9.68. The third-order valence-electron chi connectivity index (χ3n) is 6.58. The Hall–Kier alpha value is -1.86. The van der Waals surface area contributed by atoms with Crippen molar-refractivity contribution in [3.63, 3.8) is 0 Å². The van der Waals surface area contributed by atoms with Crippen LogP contribution in [0.15, 0.2) is 24.3 Å². The van der Waals surface area contributed by atoms with Crippen LogP contribution >= 0.6 is 0 Å². The molecule has 1 aliphatic heterocycles. The summed E-state index contributed by atoms with van der Waals surface area (Å²) in [6.45, 7) is 3.29. The van der Waals surface area contributed by atoms with Gasteiger partial charge in [-0.3, -0.25) is 9.69 Å². The molecule has 1 amide bonds. The molecular weight excluding hydrogens is 310 g/mol. The Bertz CT molecular complexity index is 687. The molecule has 1 saturated carbocycles. The van der Waals surface area contributed by atoms with Crippen molar-refractivity contribution in [2.24, 2.45) is 11.8 Å². The van der Waals surface area contributed by atoms with E-state index in [1.807, 2.05) is 0 Å². The van der Waals surface area contributed by atoms with E-state index in [0.717, 1.165) is 51.7 Å². The molecule has 1 spiro atoms. The number of hydrogen-bond donors (Lipinski definition) is 1. The topological polar surface area (TPSA) is 56.1 Å². The minimum Gasteiger partial charge on any atom is -0.356 e. The summed E-state index contributed by atoms with van der Waals surface area (Å²) in [7, 11) is 0. The predicted molar refractivity (Wildman–Crippen MR) is 97.0 cm³/mol. The highest BCUT2D eigenvalue weighted by molar-refractivity contribution is 5.84. The number of benzene rings is 1. The molecule has 0 radical (unpaired) electrons. The molecule has 1 heterocycles. The van der Waals surface area contributed by atoms with E-state index in [0.29, 0.717) is 12.5 Å². The van der Waals surface area contributed by atoms with E-state index in [9.17, 15) is 4.79 Å². The normalized spacial score (nSPS) is 29.0. The average Bonchev–Trinajstić information content (AvgIpc) is 3.36. The number of likely N-dealkylation sites (tertiary alicyclic amines) is 1. The Morgan fingerprint density at radius 2 is 2.12 bits per heavy atom. The van der Waals surface area contributed by atoms with Gasteiger partial charge in [-0.2, -0.15) is 5.26 Å². The molecule has 132 valence electrons. The maximum atomic E-state index is 12.7. The number of carbonyl (C=O) groups excluding carboxylic acids is 1. The van der Waals surface area contributed by atoms with Crippen molar-refractivity contribution >= 4 is 5.91 Å². The van der Waals surface area contributed by atoms with Crippen LogP contribution in [-0.2, 0) is 16.6 Å². The monoisotopic (exact) mass is 337 g/mol. The van der Waals surface area contributed by atoms with Crippen LogP contribution in [0.25, 0.3) is 0 Å². The van der Waals surface area contributed by atoms with Gasteiger partial charge < -0.3 is 5.32 Å². The molecule has 2 aliphatic carbocycles. The van der Waals surface area contributed by atoms with E-state index in [-0.39, 0.29) is 17.2 Å². The molecule has 25 heavy (non-hydrogen) atoms. The van der Waals surface area contributed by atoms with Gasteiger partial charge in [-0.05, 0) is 68.7 Å². The van der Waals surface area contributed by atoms with Crippen LogP contribution in [0, 0.1) is 23.2 Å². The Morgan fingerprint density at radius 3 is 2.92 bits per heavy atom. The fourth-order valence-electron chi connectivity index (χ4n) is 4.99. The number of nitrogens with one attached hydrogen (secondary N) is 1. The zero-order chi connectivity index (χ0) is 17.3. The third kappa shape index (κ3) is 3.18. The van der Waals surface area contributed by atoms with Crippen molar-refractivity contribution in [2.75, 3.05) is 26.2 Å². The number of amides is 1. The Morgan fingerprint density at radius 1 is 1.32 bits per heavy atom. The molecule has 3 aliphatic rings. The van der Waals surface area contributed by atoms with E-state index < -0.39 is 0 Å².